The fraction of sp³-hybridized carbons (Fsp3) is 0.889. The van der Waals surface area contributed by atoms with Gasteiger partial charge < -0.3 is 10.2 Å². The summed E-state index contributed by atoms with van der Waals surface area (Å²) in [5.74, 6) is 0. The van der Waals surface area contributed by atoms with Gasteiger partial charge in [0.25, 0.3) is 0 Å². The summed E-state index contributed by atoms with van der Waals surface area (Å²) < 4.78 is 0. The van der Waals surface area contributed by atoms with Crippen LogP contribution in [0.15, 0.2) is 0 Å². The third-order valence-corrected chi connectivity index (χ3v) is 2.63. The fourth-order valence-electron chi connectivity index (χ4n) is 1.70. The van der Waals surface area contributed by atoms with E-state index in [1.54, 1.807) is 4.90 Å². The summed E-state index contributed by atoms with van der Waals surface area (Å²) in [5, 5.41) is 2.98. The second-order valence-electron chi connectivity index (χ2n) is 4.64. The maximum Gasteiger partial charge on any atom is 0.317 e. The van der Waals surface area contributed by atoms with E-state index in [4.69, 9.17) is 0 Å². The molecule has 0 radical (unpaired) electrons. The van der Waals surface area contributed by atoms with Gasteiger partial charge in [-0.25, -0.2) is 4.79 Å². The molecule has 0 aromatic rings. The number of hydrogen-bond donors (Lipinski definition) is 1. The number of likely N-dealkylation sites (N-methyl/N-ethyl adjacent to an activating group) is 1. The Balaban J connectivity index is 2.78. The first-order chi connectivity index (χ1) is 5.34. The first-order valence-electron chi connectivity index (χ1n) is 4.37. The van der Waals surface area contributed by atoms with Crippen LogP contribution in [-0.4, -0.2) is 30.1 Å². The largest absolute Gasteiger partial charge is 0.333 e. The Morgan fingerprint density at radius 3 is 2.08 bits per heavy atom. The zero-order chi connectivity index (χ0) is 9.52. The summed E-state index contributed by atoms with van der Waals surface area (Å²) in [5.41, 5.74) is 0.139. The molecule has 3 nitrogen and oxygen atoms in total. The van der Waals surface area contributed by atoms with E-state index in [2.05, 4.69) is 33.0 Å². The van der Waals surface area contributed by atoms with Crippen LogP contribution in [0.3, 0.4) is 0 Å². The highest BCUT2D eigenvalue weighted by Crippen LogP contribution is 2.27. The van der Waals surface area contributed by atoms with Crippen molar-refractivity contribution in [2.75, 3.05) is 7.05 Å². The molecule has 70 valence electrons. The molecule has 0 saturated carbocycles. The van der Waals surface area contributed by atoms with Crippen molar-refractivity contribution in [1.29, 1.82) is 0 Å². The third kappa shape index (κ3) is 1.40. The Labute approximate surface area is 74.1 Å². The molecular formula is C9H18N2O. The highest BCUT2D eigenvalue weighted by Gasteiger charge is 2.40. The first kappa shape index (κ1) is 9.36. The minimum Gasteiger partial charge on any atom is -0.333 e. The molecule has 2 unspecified atom stereocenters. The van der Waals surface area contributed by atoms with Crippen molar-refractivity contribution >= 4 is 6.03 Å². The van der Waals surface area contributed by atoms with Gasteiger partial charge in [-0.2, -0.15) is 0 Å². The van der Waals surface area contributed by atoms with Gasteiger partial charge in [-0.1, -0.05) is 20.8 Å². The van der Waals surface area contributed by atoms with Crippen molar-refractivity contribution < 1.29 is 4.79 Å². The van der Waals surface area contributed by atoms with Gasteiger partial charge in [-0.05, 0) is 12.3 Å². The number of amides is 2. The normalized spacial score (nSPS) is 30.8. The molecular weight excluding hydrogens is 152 g/mol. The number of rotatable bonds is 0. The van der Waals surface area contributed by atoms with E-state index in [1.807, 2.05) is 7.05 Å². The fourth-order valence-corrected chi connectivity index (χ4v) is 1.70. The maximum atomic E-state index is 11.3. The highest BCUT2D eigenvalue weighted by atomic mass is 16.2. The molecule has 1 N–H and O–H groups in total. The van der Waals surface area contributed by atoms with Crippen molar-refractivity contribution in [3.63, 3.8) is 0 Å². The van der Waals surface area contributed by atoms with E-state index in [0.29, 0.717) is 0 Å². The molecule has 1 aliphatic heterocycles. The standard InChI is InChI=1S/C9H18N2O/c1-6-7(9(2,3)4)10-8(12)11(6)5/h6-7H,1-5H3,(H,10,12). The predicted octanol–water partition coefficient (Wildman–Crippen LogP) is 1.44. The summed E-state index contributed by atoms with van der Waals surface area (Å²) in [6, 6.07) is 0.593. The summed E-state index contributed by atoms with van der Waals surface area (Å²) >= 11 is 0. The van der Waals surface area contributed by atoms with Gasteiger partial charge in [0.2, 0.25) is 0 Å². The molecule has 1 saturated heterocycles. The molecule has 0 aromatic heterocycles. The van der Waals surface area contributed by atoms with E-state index in [0.717, 1.165) is 0 Å². The van der Waals surface area contributed by atoms with Gasteiger partial charge in [-0.15, -0.1) is 0 Å². The first-order valence-corrected chi connectivity index (χ1v) is 4.37. The molecule has 12 heavy (non-hydrogen) atoms. The molecule has 0 aromatic carbocycles. The van der Waals surface area contributed by atoms with Crippen LogP contribution >= 0.6 is 0 Å². The molecule has 0 aliphatic carbocycles. The van der Waals surface area contributed by atoms with Crippen molar-refractivity contribution in [1.82, 2.24) is 10.2 Å². The molecule has 1 fully saturated rings. The smallest absolute Gasteiger partial charge is 0.317 e. The van der Waals surface area contributed by atoms with Crippen molar-refractivity contribution in [2.24, 2.45) is 5.41 Å². The van der Waals surface area contributed by atoms with Crippen molar-refractivity contribution in [2.45, 2.75) is 39.8 Å². The summed E-state index contributed by atoms with van der Waals surface area (Å²) in [6.45, 7) is 8.52. The molecule has 3 heteroatoms. The van der Waals surface area contributed by atoms with Gasteiger partial charge in [0.1, 0.15) is 0 Å². The Bertz CT molecular complexity index is 195. The van der Waals surface area contributed by atoms with Crippen LogP contribution < -0.4 is 5.32 Å². The minimum absolute atomic E-state index is 0.0439. The maximum absolute atomic E-state index is 11.3. The molecule has 1 aliphatic rings. The lowest BCUT2D eigenvalue weighted by atomic mass is 9.83. The van der Waals surface area contributed by atoms with Gasteiger partial charge >= 0.3 is 6.03 Å². The quantitative estimate of drug-likeness (QED) is 0.586. The Morgan fingerprint density at radius 1 is 1.42 bits per heavy atom. The lowest BCUT2D eigenvalue weighted by Crippen LogP contribution is -2.42. The summed E-state index contributed by atoms with van der Waals surface area (Å²) in [6.07, 6.45) is 0. The van der Waals surface area contributed by atoms with Gasteiger partial charge in [0.15, 0.2) is 0 Å². The second kappa shape index (κ2) is 2.64. The topological polar surface area (TPSA) is 32.3 Å². The van der Waals surface area contributed by atoms with Crippen LogP contribution in [0.1, 0.15) is 27.7 Å². The monoisotopic (exact) mass is 170 g/mol. The molecule has 1 rings (SSSR count). The van der Waals surface area contributed by atoms with Crippen LogP contribution in [-0.2, 0) is 0 Å². The number of nitrogens with zero attached hydrogens (tertiary/aromatic N) is 1. The van der Waals surface area contributed by atoms with Gasteiger partial charge in [0, 0.05) is 7.05 Å². The van der Waals surface area contributed by atoms with Gasteiger partial charge in [0.05, 0.1) is 12.1 Å². The number of nitrogens with one attached hydrogen (secondary N) is 1. The van der Waals surface area contributed by atoms with Crippen LogP contribution in [0, 0.1) is 5.41 Å². The van der Waals surface area contributed by atoms with Crippen LogP contribution in [0.5, 0.6) is 0 Å². The Hall–Kier alpha value is -0.730. The SMILES string of the molecule is CC1C(C(C)(C)C)NC(=O)N1C. The predicted molar refractivity (Wildman–Crippen MR) is 49.0 cm³/mol. The van der Waals surface area contributed by atoms with E-state index >= 15 is 0 Å². The van der Waals surface area contributed by atoms with Gasteiger partial charge in [-0.3, -0.25) is 0 Å². The summed E-state index contributed by atoms with van der Waals surface area (Å²) in [4.78, 5) is 13.0. The van der Waals surface area contributed by atoms with Crippen LogP contribution in [0.2, 0.25) is 0 Å². The molecule has 0 bridgehead atoms. The number of hydrogen-bond acceptors (Lipinski definition) is 1. The zero-order valence-electron chi connectivity index (χ0n) is 8.51. The number of urea groups is 1. The highest BCUT2D eigenvalue weighted by molar-refractivity contribution is 5.77. The van der Waals surface area contributed by atoms with E-state index < -0.39 is 0 Å². The molecule has 2 amide bonds. The average Bonchev–Trinajstić information content (AvgIpc) is 2.15. The lowest BCUT2D eigenvalue weighted by Gasteiger charge is -2.30. The Morgan fingerprint density at radius 2 is 1.92 bits per heavy atom. The average molecular weight is 170 g/mol. The lowest BCUT2D eigenvalue weighted by molar-refractivity contribution is 0.213. The zero-order valence-corrected chi connectivity index (χ0v) is 8.51. The molecule has 2 atom stereocenters. The third-order valence-electron chi connectivity index (χ3n) is 2.63. The second-order valence-corrected chi connectivity index (χ2v) is 4.64. The molecule has 0 spiro atoms. The minimum atomic E-state index is 0.0439. The van der Waals surface area contributed by atoms with Crippen molar-refractivity contribution in [3.8, 4) is 0 Å². The molecule has 1 heterocycles. The number of carbonyl (C=O) groups is 1. The van der Waals surface area contributed by atoms with E-state index in [1.165, 1.54) is 0 Å². The van der Waals surface area contributed by atoms with E-state index in [-0.39, 0.29) is 23.5 Å². The van der Waals surface area contributed by atoms with Crippen LogP contribution in [0.4, 0.5) is 4.79 Å². The van der Waals surface area contributed by atoms with Crippen molar-refractivity contribution in [3.05, 3.63) is 0 Å². The van der Waals surface area contributed by atoms with E-state index in [9.17, 15) is 4.79 Å². The van der Waals surface area contributed by atoms with Crippen LogP contribution in [0.25, 0.3) is 0 Å². The Kier molecular flexibility index (Phi) is 2.06. The summed E-state index contributed by atoms with van der Waals surface area (Å²) in [7, 11) is 1.84. The number of carbonyl (C=O) groups excluding carboxylic acids is 1.